The largest absolute Gasteiger partial charge is 0.482 e. The lowest BCUT2D eigenvalue weighted by Gasteiger charge is -2.38. The van der Waals surface area contributed by atoms with Gasteiger partial charge in [0.15, 0.2) is 6.61 Å². The summed E-state index contributed by atoms with van der Waals surface area (Å²) in [5.74, 6) is 0.621. The van der Waals surface area contributed by atoms with Crippen LogP contribution in [-0.4, -0.2) is 12.5 Å². The van der Waals surface area contributed by atoms with Crippen molar-refractivity contribution in [3.8, 4) is 5.75 Å². The Bertz CT molecular complexity index is 523. The van der Waals surface area contributed by atoms with E-state index in [-0.39, 0.29) is 23.3 Å². The fourth-order valence-electron chi connectivity index (χ4n) is 3.27. The lowest BCUT2D eigenvalue weighted by molar-refractivity contribution is -0.118. The molecule has 1 aliphatic heterocycles. The van der Waals surface area contributed by atoms with Gasteiger partial charge in [0.05, 0.1) is 11.1 Å². The lowest BCUT2D eigenvalue weighted by Crippen LogP contribution is -2.27. The normalized spacial score (nSPS) is 22.4. The second-order valence-electron chi connectivity index (χ2n) is 6.17. The molecule has 0 radical (unpaired) electrons. The topological polar surface area (TPSA) is 38.3 Å². The van der Waals surface area contributed by atoms with Crippen molar-refractivity contribution in [3.63, 3.8) is 0 Å². The first kappa shape index (κ1) is 13.7. The number of anilines is 1. The molecule has 4 heteroatoms. The maximum atomic E-state index is 11.4. The fourth-order valence-corrected chi connectivity index (χ4v) is 3.63. The predicted molar refractivity (Wildman–Crippen MR) is 80.4 cm³/mol. The molecule has 0 aromatic heterocycles. The van der Waals surface area contributed by atoms with Gasteiger partial charge in [0.2, 0.25) is 0 Å². The van der Waals surface area contributed by atoms with Gasteiger partial charge in [0, 0.05) is 0 Å². The Morgan fingerprint density at radius 1 is 1.30 bits per heavy atom. The van der Waals surface area contributed by atoms with Crippen molar-refractivity contribution < 1.29 is 9.53 Å². The summed E-state index contributed by atoms with van der Waals surface area (Å²) in [4.78, 5) is 11.4. The van der Waals surface area contributed by atoms with Gasteiger partial charge in [-0.3, -0.25) is 4.79 Å². The number of nitrogens with one attached hydrogen (secondary N) is 1. The first-order valence-corrected chi connectivity index (χ1v) is 7.73. The summed E-state index contributed by atoms with van der Waals surface area (Å²) in [6.45, 7) is 2.37. The van der Waals surface area contributed by atoms with Gasteiger partial charge in [-0.1, -0.05) is 32.3 Å². The second kappa shape index (κ2) is 5.28. The van der Waals surface area contributed by atoms with E-state index in [1.54, 1.807) is 0 Å². The second-order valence-corrected chi connectivity index (χ2v) is 6.61. The van der Waals surface area contributed by atoms with Crippen LogP contribution >= 0.6 is 11.6 Å². The van der Waals surface area contributed by atoms with E-state index in [0.717, 1.165) is 17.0 Å². The summed E-state index contributed by atoms with van der Waals surface area (Å²) in [7, 11) is 0. The number of rotatable bonds is 2. The SMILES string of the molecule is CC1(C(Cl)c2ccc3c(c2)NC(=O)CO3)CCCCC1. The number of fused-ring (bicyclic) bond motifs is 1. The van der Waals surface area contributed by atoms with Crippen molar-refractivity contribution in [1.29, 1.82) is 0 Å². The first-order valence-electron chi connectivity index (χ1n) is 7.29. The molecular weight excluding hydrogens is 274 g/mol. The highest BCUT2D eigenvalue weighted by atomic mass is 35.5. The van der Waals surface area contributed by atoms with Crippen LogP contribution in [0.5, 0.6) is 5.75 Å². The van der Waals surface area contributed by atoms with Gasteiger partial charge in [-0.2, -0.15) is 0 Å². The summed E-state index contributed by atoms with van der Waals surface area (Å²) in [6, 6.07) is 5.89. The molecule has 3 rings (SSSR count). The van der Waals surface area contributed by atoms with E-state index >= 15 is 0 Å². The Balaban J connectivity index is 1.86. The van der Waals surface area contributed by atoms with E-state index in [0.29, 0.717) is 0 Å². The van der Waals surface area contributed by atoms with Crippen molar-refractivity contribution >= 4 is 23.2 Å². The van der Waals surface area contributed by atoms with Gasteiger partial charge in [-0.05, 0) is 36.0 Å². The Hall–Kier alpha value is -1.22. The number of alkyl halides is 1. The van der Waals surface area contributed by atoms with Crippen LogP contribution < -0.4 is 10.1 Å². The molecule has 1 aliphatic carbocycles. The number of halogens is 1. The number of hydrogen-bond acceptors (Lipinski definition) is 2. The quantitative estimate of drug-likeness (QED) is 0.827. The number of hydrogen-bond donors (Lipinski definition) is 1. The van der Waals surface area contributed by atoms with E-state index in [4.69, 9.17) is 16.3 Å². The minimum Gasteiger partial charge on any atom is -0.482 e. The maximum Gasteiger partial charge on any atom is 0.262 e. The number of carbonyl (C=O) groups excluding carboxylic acids is 1. The van der Waals surface area contributed by atoms with Gasteiger partial charge in [0.1, 0.15) is 5.75 Å². The smallest absolute Gasteiger partial charge is 0.262 e. The Kier molecular flexibility index (Phi) is 3.63. The van der Waals surface area contributed by atoms with Gasteiger partial charge in [-0.15, -0.1) is 11.6 Å². The maximum absolute atomic E-state index is 11.4. The Morgan fingerprint density at radius 3 is 2.80 bits per heavy atom. The van der Waals surface area contributed by atoms with Crippen LogP contribution in [0.25, 0.3) is 0 Å². The molecule has 1 N–H and O–H groups in total. The van der Waals surface area contributed by atoms with Crippen LogP contribution in [0.4, 0.5) is 5.69 Å². The zero-order valence-electron chi connectivity index (χ0n) is 11.7. The lowest BCUT2D eigenvalue weighted by atomic mass is 9.71. The van der Waals surface area contributed by atoms with Crippen LogP contribution in [0.3, 0.4) is 0 Å². The Morgan fingerprint density at radius 2 is 2.05 bits per heavy atom. The summed E-state index contributed by atoms with van der Waals surface area (Å²) in [5, 5.41) is 2.83. The molecule has 1 heterocycles. The van der Waals surface area contributed by atoms with Gasteiger partial charge in [-0.25, -0.2) is 0 Å². The van der Waals surface area contributed by atoms with Gasteiger partial charge >= 0.3 is 0 Å². The summed E-state index contributed by atoms with van der Waals surface area (Å²) in [6.07, 6.45) is 6.16. The number of amides is 1. The minimum absolute atomic E-state index is 0.0214. The summed E-state index contributed by atoms with van der Waals surface area (Å²) in [5.41, 5.74) is 1.96. The predicted octanol–water partition coefficient (Wildman–Crippen LogP) is 4.27. The van der Waals surface area contributed by atoms with Crippen molar-refractivity contribution in [3.05, 3.63) is 23.8 Å². The molecular formula is C16H20ClNO2. The molecule has 1 unspecified atom stereocenters. The van der Waals surface area contributed by atoms with Crippen molar-refractivity contribution in [2.75, 3.05) is 11.9 Å². The minimum atomic E-state index is -0.107. The van der Waals surface area contributed by atoms with E-state index < -0.39 is 0 Å². The van der Waals surface area contributed by atoms with E-state index in [1.807, 2.05) is 18.2 Å². The molecule has 1 saturated carbocycles. The third-order valence-electron chi connectivity index (χ3n) is 4.54. The molecule has 3 nitrogen and oxygen atoms in total. The molecule has 2 aliphatic rings. The van der Waals surface area contributed by atoms with Crippen molar-refractivity contribution in [1.82, 2.24) is 0 Å². The number of benzene rings is 1. The van der Waals surface area contributed by atoms with Crippen LogP contribution in [0, 0.1) is 5.41 Å². The average molecular weight is 294 g/mol. The molecule has 0 spiro atoms. The van der Waals surface area contributed by atoms with E-state index in [9.17, 15) is 4.79 Å². The standard InChI is InChI=1S/C16H20ClNO2/c1-16(7-3-2-4-8-16)15(17)11-5-6-13-12(9-11)18-14(19)10-20-13/h5-6,9,15H,2-4,7-8,10H2,1H3,(H,18,19). The van der Waals surface area contributed by atoms with Crippen LogP contribution in [0.1, 0.15) is 50.0 Å². The molecule has 0 bridgehead atoms. The van der Waals surface area contributed by atoms with Crippen LogP contribution in [0.15, 0.2) is 18.2 Å². The highest BCUT2D eigenvalue weighted by Gasteiger charge is 2.35. The molecule has 1 fully saturated rings. The number of ether oxygens (including phenoxy) is 1. The van der Waals surface area contributed by atoms with Gasteiger partial charge in [0.25, 0.3) is 5.91 Å². The van der Waals surface area contributed by atoms with Crippen molar-refractivity contribution in [2.24, 2.45) is 5.41 Å². The molecule has 1 atom stereocenters. The monoisotopic (exact) mass is 293 g/mol. The zero-order valence-corrected chi connectivity index (χ0v) is 12.5. The van der Waals surface area contributed by atoms with Gasteiger partial charge < -0.3 is 10.1 Å². The number of carbonyl (C=O) groups is 1. The van der Waals surface area contributed by atoms with Crippen LogP contribution in [-0.2, 0) is 4.79 Å². The van der Waals surface area contributed by atoms with E-state index in [2.05, 4.69) is 12.2 Å². The summed E-state index contributed by atoms with van der Waals surface area (Å²) < 4.78 is 5.39. The third-order valence-corrected chi connectivity index (χ3v) is 5.32. The molecule has 20 heavy (non-hydrogen) atoms. The van der Waals surface area contributed by atoms with E-state index in [1.165, 1.54) is 32.1 Å². The average Bonchev–Trinajstić information content (AvgIpc) is 2.46. The first-order chi connectivity index (χ1) is 9.58. The molecule has 1 aromatic carbocycles. The Labute approximate surface area is 124 Å². The fraction of sp³-hybridized carbons (Fsp3) is 0.562. The van der Waals surface area contributed by atoms with Crippen LogP contribution in [0.2, 0.25) is 0 Å². The molecule has 0 saturated heterocycles. The third kappa shape index (κ3) is 2.51. The zero-order chi connectivity index (χ0) is 14.2. The highest BCUT2D eigenvalue weighted by Crippen LogP contribution is 2.50. The summed E-state index contributed by atoms with van der Waals surface area (Å²) >= 11 is 6.75. The highest BCUT2D eigenvalue weighted by molar-refractivity contribution is 6.21. The molecule has 108 valence electrons. The molecule has 1 aromatic rings. The van der Waals surface area contributed by atoms with Crippen molar-refractivity contribution in [2.45, 2.75) is 44.4 Å². The molecule has 1 amide bonds.